The number of piperazine rings is 1. The molecule has 1 aromatic carbocycles. The SMILES string of the molecule is O=c1cc(C(F)(F)F)nc(N2CCN(Cc3ccccc3)CC2)[nH]1. The van der Waals surface area contributed by atoms with Crippen LogP contribution in [0.3, 0.4) is 0 Å². The van der Waals surface area contributed by atoms with Crippen molar-refractivity contribution in [2.24, 2.45) is 0 Å². The van der Waals surface area contributed by atoms with E-state index in [0.29, 0.717) is 32.2 Å². The fraction of sp³-hybridized carbons (Fsp3) is 0.375. The van der Waals surface area contributed by atoms with Gasteiger partial charge in [-0.3, -0.25) is 14.7 Å². The van der Waals surface area contributed by atoms with Crippen LogP contribution in [0.2, 0.25) is 0 Å². The number of hydrogen-bond donors (Lipinski definition) is 1. The van der Waals surface area contributed by atoms with Crippen LogP contribution in [0.1, 0.15) is 11.3 Å². The van der Waals surface area contributed by atoms with Crippen molar-refractivity contribution in [1.82, 2.24) is 14.9 Å². The third-order valence-electron chi connectivity index (χ3n) is 3.94. The van der Waals surface area contributed by atoms with Gasteiger partial charge in [-0.05, 0) is 5.56 Å². The van der Waals surface area contributed by atoms with Crippen molar-refractivity contribution < 1.29 is 13.2 Å². The average molecular weight is 338 g/mol. The van der Waals surface area contributed by atoms with Gasteiger partial charge in [-0.2, -0.15) is 13.2 Å². The molecule has 24 heavy (non-hydrogen) atoms. The Balaban J connectivity index is 1.67. The Bertz CT molecular complexity index is 737. The molecule has 0 bridgehead atoms. The number of hydrogen-bond acceptors (Lipinski definition) is 4. The lowest BCUT2D eigenvalue weighted by Gasteiger charge is -2.35. The molecule has 0 aliphatic carbocycles. The summed E-state index contributed by atoms with van der Waals surface area (Å²) < 4.78 is 38.3. The van der Waals surface area contributed by atoms with Crippen molar-refractivity contribution >= 4 is 5.95 Å². The maximum Gasteiger partial charge on any atom is 0.433 e. The molecule has 0 saturated carbocycles. The third kappa shape index (κ3) is 3.94. The van der Waals surface area contributed by atoms with Crippen molar-refractivity contribution in [2.75, 3.05) is 31.1 Å². The minimum Gasteiger partial charge on any atom is -0.340 e. The van der Waals surface area contributed by atoms with Gasteiger partial charge in [0.15, 0.2) is 5.69 Å². The molecule has 1 aliphatic rings. The van der Waals surface area contributed by atoms with Crippen LogP contribution >= 0.6 is 0 Å². The van der Waals surface area contributed by atoms with E-state index < -0.39 is 17.4 Å². The van der Waals surface area contributed by atoms with E-state index in [1.54, 1.807) is 4.90 Å². The Morgan fingerprint density at radius 1 is 1.08 bits per heavy atom. The highest BCUT2D eigenvalue weighted by Crippen LogP contribution is 2.27. The van der Waals surface area contributed by atoms with Crippen LogP contribution in [0.4, 0.5) is 19.1 Å². The van der Waals surface area contributed by atoms with Gasteiger partial charge in [0.1, 0.15) is 0 Å². The number of alkyl halides is 3. The van der Waals surface area contributed by atoms with Crippen LogP contribution in [0, 0.1) is 0 Å². The number of aromatic amines is 1. The molecular weight excluding hydrogens is 321 g/mol. The Kier molecular flexibility index (Phi) is 4.57. The summed E-state index contributed by atoms with van der Waals surface area (Å²) in [6.45, 7) is 3.19. The zero-order chi connectivity index (χ0) is 17.2. The molecule has 2 heterocycles. The van der Waals surface area contributed by atoms with Crippen LogP contribution < -0.4 is 10.5 Å². The zero-order valence-corrected chi connectivity index (χ0v) is 12.9. The van der Waals surface area contributed by atoms with E-state index in [-0.39, 0.29) is 5.95 Å². The fourth-order valence-electron chi connectivity index (χ4n) is 2.70. The standard InChI is InChI=1S/C16H17F3N4O/c17-16(18,19)13-10-14(24)21-15(20-13)23-8-6-22(7-9-23)11-12-4-2-1-3-5-12/h1-5,10H,6-9,11H2,(H,20,21,24). The Morgan fingerprint density at radius 2 is 1.75 bits per heavy atom. The van der Waals surface area contributed by atoms with E-state index >= 15 is 0 Å². The summed E-state index contributed by atoms with van der Waals surface area (Å²) in [6.07, 6.45) is -4.63. The van der Waals surface area contributed by atoms with Crippen LogP contribution in [0.25, 0.3) is 0 Å². The predicted molar refractivity (Wildman–Crippen MR) is 83.8 cm³/mol. The number of benzene rings is 1. The van der Waals surface area contributed by atoms with Crippen LogP contribution in [-0.4, -0.2) is 41.0 Å². The summed E-state index contributed by atoms with van der Waals surface area (Å²) in [6, 6.07) is 10.5. The maximum absolute atomic E-state index is 12.8. The first kappa shape index (κ1) is 16.5. The summed E-state index contributed by atoms with van der Waals surface area (Å²) >= 11 is 0. The molecule has 0 unspecified atom stereocenters. The zero-order valence-electron chi connectivity index (χ0n) is 12.9. The molecule has 0 amide bonds. The Hall–Kier alpha value is -2.35. The van der Waals surface area contributed by atoms with Gasteiger partial charge in [-0.25, -0.2) is 4.98 Å². The highest BCUT2D eigenvalue weighted by atomic mass is 19.4. The molecule has 3 rings (SSSR count). The second-order valence-electron chi connectivity index (χ2n) is 5.70. The minimum absolute atomic E-state index is 0.0193. The van der Waals surface area contributed by atoms with Crippen molar-refractivity contribution in [3.63, 3.8) is 0 Å². The highest BCUT2D eigenvalue weighted by molar-refractivity contribution is 5.32. The van der Waals surface area contributed by atoms with Gasteiger partial charge < -0.3 is 4.90 Å². The number of anilines is 1. The van der Waals surface area contributed by atoms with Gasteiger partial charge in [0.05, 0.1) is 0 Å². The number of nitrogens with one attached hydrogen (secondary N) is 1. The smallest absolute Gasteiger partial charge is 0.340 e. The molecule has 1 saturated heterocycles. The van der Waals surface area contributed by atoms with Crippen molar-refractivity contribution in [1.29, 1.82) is 0 Å². The lowest BCUT2D eigenvalue weighted by atomic mass is 10.2. The summed E-state index contributed by atoms with van der Waals surface area (Å²) in [4.78, 5) is 21.3. The van der Waals surface area contributed by atoms with Gasteiger partial charge in [0.25, 0.3) is 5.56 Å². The number of rotatable bonds is 3. The molecular formula is C16H17F3N4O. The normalized spacial score (nSPS) is 16.4. The van der Waals surface area contributed by atoms with E-state index in [1.807, 2.05) is 30.3 Å². The largest absolute Gasteiger partial charge is 0.433 e. The van der Waals surface area contributed by atoms with Crippen molar-refractivity contribution in [3.05, 3.63) is 58.0 Å². The summed E-state index contributed by atoms with van der Waals surface area (Å²) in [5, 5.41) is 0. The molecule has 5 nitrogen and oxygen atoms in total. The summed E-state index contributed by atoms with van der Waals surface area (Å²) in [5.41, 5.74) is -0.761. The van der Waals surface area contributed by atoms with E-state index in [4.69, 9.17) is 0 Å². The van der Waals surface area contributed by atoms with E-state index in [9.17, 15) is 18.0 Å². The quantitative estimate of drug-likeness (QED) is 0.931. The van der Waals surface area contributed by atoms with Gasteiger partial charge in [-0.1, -0.05) is 30.3 Å². The van der Waals surface area contributed by atoms with Crippen LogP contribution in [0.15, 0.2) is 41.2 Å². The predicted octanol–water partition coefficient (Wildman–Crippen LogP) is 2.11. The number of nitrogens with zero attached hydrogens (tertiary/aromatic N) is 3. The fourth-order valence-corrected chi connectivity index (χ4v) is 2.70. The van der Waals surface area contributed by atoms with Crippen LogP contribution in [-0.2, 0) is 12.7 Å². The first-order valence-electron chi connectivity index (χ1n) is 7.61. The van der Waals surface area contributed by atoms with Gasteiger partial charge in [0.2, 0.25) is 5.95 Å². The lowest BCUT2D eigenvalue weighted by molar-refractivity contribution is -0.141. The Morgan fingerprint density at radius 3 is 2.38 bits per heavy atom. The lowest BCUT2D eigenvalue weighted by Crippen LogP contribution is -2.47. The van der Waals surface area contributed by atoms with Gasteiger partial charge in [0, 0.05) is 38.8 Å². The minimum atomic E-state index is -4.63. The van der Waals surface area contributed by atoms with Crippen molar-refractivity contribution in [3.8, 4) is 0 Å². The van der Waals surface area contributed by atoms with Crippen LogP contribution in [0.5, 0.6) is 0 Å². The Labute approximate surface area is 136 Å². The highest BCUT2D eigenvalue weighted by Gasteiger charge is 2.34. The molecule has 8 heteroatoms. The topological polar surface area (TPSA) is 52.2 Å². The number of aromatic nitrogens is 2. The van der Waals surface area contributed by atoms with E-state index in [1.165, 1.54) is 5.56 Å². The van der Waals surface area contributed by atoms with Gasteiger partial charge in [-0.15, -0.1) is 0 Å². The molecule has 1 N–H and O–H groups in total. The maximum atomic E-state index is 12.8. The molecule has 128 valence electrons. The monoisotopic (exact) mass is 338 g/mol. The molecule has 0 atom stereocenters. The van der Waals surface area contributed by atoms with Gasteiger partial charge >= 0.3 is 6.18 Å². The van der Waals surface area contributed by atoms with E-state index in [0.717, 1.165) is 6.54 Å². The molecule has 1 aromatic heterocycles. The average Bonchev–Trinajstić information content (AvgIpc) is 2.55. The molecule has 1 aliphatic heterocycles. The summed E-state index contributed by atoms with van der Waals surface area (Å²) in [7, 11) is 0. The molecule has 2 aromatic rings. The number of H-pyrrole nitrogens is 1. The first-order chi connectivity index (χ1) is 11.4. The molecule has 0 radical (unpaired) electrons. The molecule has 1 fully saturated rings. The summed E-state index contributed by atoms with van der Waals surface area (Å²) in [5.74, 6) is -0.0193. The van der Waals surface area contributed by atoms with Crippen molar-refractivity contribution in [2.45, 2.75) is 12.7 Å². The van der Waals surface area contributed by atoms with E-state index in [2.05, 4.69) is 14.9 Å². The third-order valence-corrected chi connectivity index (χ3v) is 3.94. The second kappa shape index (κ2) is 6.64. The second-order valence-corrected chi connectivity index (χ2v) is 5.70. The number of halogens is 3. The molecule has 0 spiro atoms. The first-order valence-corrected chi connectivity index (χ1v) is 7.61.